The summed E-state index contributed by atoms with van der Waals surface area (Å²) in [6, 6.07) is 12.9. The van der Waals surface area contributed by atoms with E-state index in [-0.39, 0.29) is 19.3 Å². The minimum atomic E-state index is -0.469. The van der Waals surface area contributed by atoms with Crippen LogP contribution >= 0.6 is 0 Å². The van der Waals surface area contributed by atoms with Gasteiger partial charge in [0.2, 0.25) is 6.79 Å². The molecule has 1 aromatic heterocycles. The Labute approximate surface area is 179 Å². The molecule has 31 heavy (non-hydrogen) atoms. The molecule has 0 radical (unpaired) electrons. The Bertz CT molecular complexity index is 1100. The second-order valence-electron chi connectivity index (χ2n) is 7.55. The van der Waals surface area contributed by atoms with Gasteiger partial charge in [0.1, 0.15) is 11.8 Å². The standard InChI is InChI=1S/C22H23N5O4/c1-2-3-10-27-22(23-24-25-27)21-16-6-4-5-7-17(16)29-13-20(28)26(21)12-15-8-9-18-19(11-15)31-14-30-18/h4-9,11,21H,2-3,10,12-14H2,1H3. The van der Waals surface area contributed by atoms with Crippen LogP contribution < -0.4 is 14.2 Å². The highest BCUT2D eigenvalue weighted by Crippen LogP contribution is 2.38. The number of para-hydroxylation sites is 1. The number of carbonyl (C=O) groups is 1. The van der Waals surface area contributed by atoms with Gasteiger partial charge in [0.05, 0.1) is 0 Å². The van der Waals surface area contributed by atoms with E-state index in [0.29, 0.717) is 36.2 Å². The third-order valence-corrected chi connectivity index (χ3v) is 5.51. The maximum absolute atomic E-state index is 13.2. The summed E-state index contributed by atoms with van der Waals surface area (Å²) in [6.07, 6.45) is 1.96. The molecule has 9 nitrogen and oxygen atoms in total. The van der Waals surface area contributed by atoms with Gasteiger partial charge in [-0.25, -0.2) is 4.68 Å². The summed E-state index contributed by atoms with van der Waals surface area (Å²) in [5.74, 6) is 2.55. The van der Waals surface area contributed by atoms with Crippen LogP contribution in [0.1, 0.15) is 42.8 Å². The highest BCUT2D eigenvalue weighted by atomic mass is 16.7. The summed E-state index contributed by atoms with van der Waals surface area (Å²) < 4.78 is 18.5. The lowest BCUT2D eigenvalue weighted by Crippen LogP contribution is -2.37. The lowest BCUT2D eigenvalue weighted by Gasteiger charge is -2.29. The third kappa shape index (κ3) is 3.67. The van der Waals surface area contributed by atoms with Gasteiger partial charge in [0, 0.05) is 18.7 Å². The zero-order valence-electron chi connectivity index (χ0n) is 17.2. The first-order valence-electron chi connectivity index (χ1n) is 10.4. The fourth-order valence-electron chi connectivity index (χ4n) is 3.94. The average molecular weight is 421 g/mol. The van der Waals surface area contributed by atoms with Gasteiger partial charge in [0.25, 0.3) is 5.91 Å². The molecule has 0 aliphatic carbocycles. The van der Waals surface area contributed by atoms with Gasteiger partial charge in [0.15, 0.2) is 23.9 Å². The molecule has 0 fully saturated rings. The lowest BCUT2D eigenvalue weighted by molar-refractivity contribution is -0.135. The van der Waals surface area contributed by atoms with Crippen molar-refractivity contribution >= 4 is 5.91 Å². The fraction of sp³-hybridized carbons (Fsp3) is 0.364. The molecule has 9 heteroatoms. The molecule has 3 heterocycles. The van der Waals surface area contributed by atoms with E-state index in [1.807, 2.05) is 42.5 Å². The van der Waals surface area contributed by atoms with Gasteiger partial charge in [-0.1, -0.05) is 37.6 Å². The number of ether oxygens (including phenoxy) is 3. The number of amides is 1. The zero-order valence-corrected chi connectivity index (χ0v) is 17.2. The number of aromatic nitrogens is 4. The molecule has 0 saturated carbocycles. The summed E-state index contributed by atoms with van der Waals surface area (Å²) in [7, 11) is 0. The first-order valence-corrected chi connectivity index (χ1v) is 10.4. The number of benzene rings is 2. The molecule has 2 aliphatic rings. The van der Waals surface area contributed by atoms with E-state index in [1.54, 1.807) is 9.58 Å². The van der Waals surface area contributed by atoms with Gasteiger partial charge in [-0.05, 0) is 40.6 Å². The van der Waals surface area contributed by atoms with Crippen LogP contribution in [0.4, 0.5) is 0 Å². The minimum Gasteiger partial charge on any atom is -0.483 e. The van der Waals surface area contributed by atoms with Crippen LogP contribution in [-0.2, 0) is 17.9 Å². The second-order valence-corrected chi connectivity index (χ2v) is 7.55. The lowest BCUT2D eigenvalue weighted by atomic mass is 10.0. The fourth-order valence-corrected chi connectivity index (χ4v) is 3.94. The summed E-state index contributed by atoms with van der Waals surface area (Å²) in [5, 5.41) is 12.4. The quantitative estimate of drug-likeness (QED) is 0.604. The first kappa shape index (κ1) is 19.3. The van der Waals surface area contributed by atoms with Crippen molar-refractivity contribution in [3.05, 3.63) is 59.4 Å². The number of tetrazole rings is 1. The molecule has 1 unspecified atom stereocenters. The van der Waals surface area contributed by atoms with Crippen LogP contribution in [-0.4, -0.2) is 44.4 Å². The largest absolute Gasteiger partial charge is 0.483 e. The first-order chi connectivity index (χ1) is 15.2. The van der Waals surface area contributed by atoms with Gasteiger partial charge >= 0.3 is 0 Å². The van der Waals surface area contributed by atoms with E-state index >= 15 is 0 Å². The second kappa shape index (κ2) is 8.25. The van der Waals surface area contributed by atoms with Crippen molar-refractivity contribution in [2.75, 3.05) is 13.4 Å². The molecular weight excluding hydrogens is 398 g/mol. The molecule has 1 atom stereocenters. The predicted octanol–water partition coefficient (Wildman–Crippen LogP) is 2.71. The van der Waals surface area contributed by atoms with Crippen molar-refractivity contribution in [1.29, 1.82) is 0 Å². The summed E-state index contributed by atoms with van der Waals surface area (Å²) in [5.41, 5.74) is 1.79. The molecule has 160 valence electrons. The maximum atomic E-state index is 13.2. The molecule has 2 aliphatic heterocycles. The number of fused-ring (bicyclic) bond motifs is 2. The predicted molar refractivity (Wildman–Crippen MR) is 110 cm³/mol. The normalized spacial score (nSPS) is 17.3. The van der Waals surface area contributed by atoms with E-state index in [9.17, 15) is 4.79 Å². The van der Waals surface area contributed by atoms with Crippen LogP contribution in [0, 0.1) is 0 Å². The highest BCUT2D eigenvalue weighted by molar-refractivity contribution is 5.79. The van der Waals surface area contributed by atoms with Crippen molar-refractivity contribution < 1.29 is 19.0 Å². The Hall–Kier alpha value is -3.62. The smallest absolute Gasteiger partial charge is 0.261 e. The van der Waals surface area contributed by atoms with Crippen LogP contribution in [0.2, 0.25) is 0 Å². The van der Waals surface area contributed by atoms with Gasteiger partial charge in [-0.2, -0.15) is 0 Å². The van der Waals surface area contributed by atoms with E-state index < -0.39 is 6.04 Å². The van der Waals surface area contributed by atoms with Gasteiger partial charge in [-0.15, -0.1) is 5.10 Å². The van der Waals surface area contributed by atoms with Crippen molar-refractivity contribution in [3.8, 4) is 17.2 Å². The van der Waals surface area contributed by atoms with Crippen molar-refractivity contribution in [2.24, 2.45) is 0 Å². The van der Waals surface area contributed by atoms with Crippen molar-refractivity contribution in [2.45, 2.75) is 38.9 Å². The number of nitrogens with zero attached hydrogens (tertiary/aromatic N) is 5. The highest BCUT2D eigenvalue weighted by Gasteiger charge is 2.36. The Morgan fingerprint density at radius 2 is 1.94 bits per heavy atom. The Kier molecular flexibility index (Phi) is 5.15. The Morgan fingerprint density at radius 1 is 1.06 bits per heavy atom. The minimum absolute atomic E-state index is 0.0470. The molecule has 0 spiro atoms. The van der Waals surface area contributed by atoms with Crippen molar-refractivity contribution in [1.82, 2.24) is 25.1 Å². The molecule has 0 bridgehead atoms. The SMILES string of the molecule is CCCCn1nnnc1C1c2ccccc2OCC(=O)N1Cc1ccc2c(c1)OCO2. The van der Waals surface area contributed by atoms with E-state index in [1.165, 1.54) is 0 Å². The molecule has 1 amide bonds. The third-order valence-electron chi connectivity index (χ3n) is 5.51. The van der Waals surface area contributed by atoms with E-state index in [0.717, 1.165) is 24.0 Å². The molecule has 0 N–H and O–H groups in total. The summed E-state index contributed by atoms with van der Waals surface area (Å²) in [6.45, 7) is 3.32. The zero-order chi connectivity index (χ0) is 21.2. The molecule has 5 rings (SSSR count). The van der Waals surface area contributed by atoms with Crippen LogP contribution in [0.25, 0.3) is 0 Å². The topological polar surface area (TPSA) is 91.6 Å². The number of carbonyl (C=O) groups excluding carboxylic acids is 1. The number of unbranched alkanes of at least 4 members (excludes halogenated alkanes) is 1. The molecular formula is C22H23N5O4. The summed E-state index contributed by atoms with van der Waals surface area (Å²) in [4.78, 5) is 15.0. The van der Waals surface area contributed by atoms with Crippen LogP contribution in [0.5, 0.6) is 17.2 Å². The van der Waals surface area contributed by atoms with Crippen LogP contribution in [0.15, 0.2) is 42.5 Å². The average Bonchev–Trinajstić information content (AvgIpc) is 3.42. The van der Waals surface area contributed by atoms with Gasteiger partial charge < -0.3 is 19.1 Å². The maximum Gasteiger partial charge on any atom is 0.261 e. The number of rotatable bonds is 6. The van der Waals surface area contributed by atoms with E-state index in [2.05, 4.69) is 22.4 Å². The Balaban J connectivity index is 1.57. The van der Waals surface area contributed by atoms with Crippen molar-refractivity contribution in [3.63, 3.8) is 0 Å². The van der Waals surface area contributed by atoms with E-state index in [4.69, 9.17) is 14.2 Å². The monoisotopic (exact) mass is 421 g/mol. The number of hydrogen-bond donors (Lipinski definition) is 0. The molecule has 0 saturated heterocycles. The molecule has 3 aromatic rings. The van der Waals surface area contributed by atoms with Crippen LogP contribution in [0.3, 0.4) is 0 Å². The molecule has 2 aromatic carbocycles. The summed E-state index contributed by atoms with van der Waals surface area (Å²) >= 11 is 0. The number of hydrogen-bond acceptors (Lipinski definition) is 7. The number of aryl methyl sites for hydroxylation is 1. The Morgan fingerprint density at radius 3 is 2.84 bits per heavy atom. The van der Waals surface area contributed by atoms with Gasteiger partial charge in [-0.3, -0.25) is 4.79 Å².